The van der Waals surface area contributed by atoms with E-state index >= 15 is 0 Å². The van der Waals surface area contributed by atoms with Crippen LogP contribution in [0.4, 0.5) is 4.79 Å². The number of thioether (sulfide) groups is 1. The average molecular weight is 301 g/mol. The Labute approximate surface area is 119 Å². The summed E-state index contributed by atoms with van der Waals surface area (Å²) >= 11 is 2.95. The Morgan fingerprint density at radius 3 is 2.68 bits per heavy atom. The maximum absolute atomic E-state index is 11.9. The summed E-state index contributed by atoms with van der Waals surface area (Å²) in [6, 6.07) is -0.106. The van der Waals surface area contributed by atoms with E-state index in [2.05, 4.69) is 10.3 Å². The van der Waals surface area contributed by atoms with E-state index in [1.807, 2.05) is 11.8 Å². The molecule has 0 spiro atoms. The van der Waals surface area contributed by atoms with Gasteiger partial charge in [-0.25, -0.2) is 14.6 Å². The van der Waals surface area contributed by atoms with Crippen molar-refractivity contribution < 1.29 is 14.7 Å². The molecule has 1 saturated heterocycles. The molecule has 0 saturated carbocycles. The largest absolute Gasteiger partial charge is 0.477 e. The van der Waals surface area contributed by atoms with Crippen LogP contribution in [-0.4, -0.2) is 51.6 Å². The van der Waals surface area contributed by atoms with Gasteiger partial charge in [0.05, 0.1) is 12.2 Å². The fourth-order valence-corrected chi connectivity index (χ4v) is 3.50. The Morgan fingerprint density at radius 2 is 2.11 bits per heavy atom. The molecule has 8 heteroatoms. The minimum atomic E-state index is -0.972. The van der Waals surface area contributed by atoms with Gasteiger partial charge >= 0.3 is 12.0 Å². The zero-order chi connectivity index (χ0) is 13.8. The topological polar surface area (TPSA) is 82.5 Å². The van der Waals surface area contributed by atoms with Gasteiger partial charge in [0.2, 0.25) is 0 Å². The van der Waals surface area contributed by atoms with Crippen LogP contribution < -0.4 is 5.32 Å². The van der Waals surface area contributed by atoms with E-state index in [0.29, 0.717) is 10.7 Å². The van der Waals surface area contributed by atoms with Crippen LogP contribution in [0.3, 0.4) is 0 Å². The van der Waals surface area contributed by atoms with Crippen molar-refractivity contribution in [3.05, 3.63) is 15.6 Å². The Bertz CT molecular complexity index is 484. The van der Waals surface area contributed by atoms with E-state index in [1.165, 1.54) is 0 Å². The van der Waals surface area contributed by atoms with E-state index in [1.54, 1.807) is 11.8 Å². The lowest BCUT2D eigenvalue weighted by atomic mass is 10.4. The van der Waals surface area contributed by atoms with E-state index in [-0.39, 0.29) is 17.5 Å². The van der Waals surface area contributed by atoms with Crippen molar-refractivity contribution in [2.24, 2.45) is 0 Å². The predicted molar refractivity (Wildman–Crippen MR) is 74.9 cm³/mol. The first-order valence-corrected chi connectivity index (χ1v) is 7.85. The van der Waals surface area contributed by atoms with Gasteiger partial charge < -0.3 is 15.3 Å². The second kappa shape index (κ2) is 6.25. The van der Waals surface area contributed by atoms with E-state index < -0.39 is 5.97 Å². The Morgan fingerprint density at radius 1 is 1.42 bits per heavy atom. The molecule has 0 unspecified atom stereocenters. The molecule has 0 aromatic carbocycles. The van der Waals surface area contributed by atoms with Gasteiger partial charge in [0.1, 0.15) is 9.88 Å². The molecule has 0 bridgehead atoms. The Hall–Kier alpha value is -1.28. The molecule has 1 aromatic heterocycles. The zero-order valence-corrected chi connectivity index (χ0v) is 12.1. The predicted octanol–water partition coefficient (Wildman–Crippen LogP) is 1.41. The number of urea groups is 1. The lowest BCUT2D eigenvalue weighted by molar-refractivity contribution is 0.0701. The van der Waals surface area contributed by atoms with Crippen LogP contribution in [0.1, 0.15) is 20.4 Å². The normalized spacial score (nSPS) is 15.3. The van der Waals surface area contributed by atoms with E-state index in [4.69, 9.17) is 5.11 Å². The molecule has 1 aromatic rings. The fourth-order valence-electron chi connectivity index (χ4n) is 1.76. The maximum atomic E-state index is 11.9. The van der Waals surface area contributed by atoms with Crippen LogP contribution in [-0.2, 0) is 6.54 Å². The van der Waals surface area contributed by atoms with E-state index in [9.17, 15) is 9.59 Å². The van der Waals surface area contributed by atoms with E-state index in [0.717, 1.165) is 35.9 Å². The van der Waals surface area contributed by atoms with Crippen LogP contribution in [0.2, 0.25) is 0 Å². The molecule has 0 radical (unpaired) electrons. The van der Waals surface area contributed by atoms with Crippen molar-refractivity contribution in [2.75, 3.05) is 24.6 Å². The van der Waals surface area contributed by atoms with Gasteiger partial charge in [0, 0.05) is 24.6 Å². The molecule has 2 heterocycles. The van der Waals surface area contributed by atoms with Gasteiger partial charge in [-0.3, -0.25) is 0 Å². The number of carboxylic acids is 1. The number of nitrogens with one attached hydrogen (secondary N) is 1. The van der Waals surface area contributed by atoms with Crippen LogP contribution >= 0.6 is 23.1 Å². The summed E-state index contributed by atoms with van der Waals surface area (Å²) in [6.07, 6.45) is 0. The number of aryl methyl sites for hydroxylation is 1. The van der Waals surface area contributed by atoms with Crippen molar-refractivity contribution in [1.29, 1.82) is 0 Å². The summed E-state index contributed by atoms with van der Waals surface area (Å²) in [6.45, 7) is 3.45. The third-order valence-corrected chi connectivity index (χ3v) is 4.81. The first kappa shape index (κ1) is 14.1. The molecule has 19 heavy (non-hydrogen) atoms. The van der Waals surface area contributed by atoms with Crippen LogP contribution in [0.15, 0.2) is 0 Å². The number of amides is 2. The number of hydrogen-bond donors (Lipinski definition) is 2. The molecule has 6 nitrogen and oxygen atoms in total. The molecule has 1 aliphatic rings. The second-order valence-corrected chi connectivity index (χ2v) is 6.39. The molecule has 104 valence electrons. The quantitative estimate of drug-likeness (QED) is 0.882. The lowest BCUT2D eigenvalue weighted by Gasteiger charge is -2.26. The highest BCUT2D eigenvalue weighted by molar-refractivity contribution is 7.99. The van der Waals surface area contributed by atoms with Gasteiger partial charge in [-0.15, -0.1) is 11.3 Å². The maximum Gasteiger partial charge on any atom is 0.347 e. The smallest absolute Gasteiger partial charge is 0.347 e. The van der Waals surface area contributed by atoms with Crippen molar-refractivity contribution in [3.8, 4) is 0 Å². The Balaban J connectivity index is 1.89. The molecule has 1 fully saturated rings. The molecule has 0 aliphatic carbocycles. The number of hydrogen-bond acceptors (Lipinski definition) is 5. The SMILES string of the molecule is Cc1nc(CNC(=O)N2CCSCC2)sc1C(=O)O. The summed E-state index contributed by atoms with van der Waals surface area (Å²) in [7, 11) is 0. The third kappa shape index (κ3) is 3.60. The first-order valence-electron chi connectivity index (χ1n) is 5.88. The van der Waals surface area contributed by atoms with Crippen LogP contribution in [0.5, 0.6) is 0 Å². The number of rotatable bonds is 3. The van der Waals surface area contributed by atoms with Gasteiger partial charge in [0.25, 0.3) is 0 Å². The second-order valence-electron chi connectivity index (χ2n) is 4.09. The molecule has 2 rings (SSSR count). The van der Waals surface area contributed by atoms with Gasteiger partial charge in [0.15, 0.2) is 0 Å². The summed E-state index contributed by atoms with van der Waals surface area (Å²) < 4.78 is 0. The van der Waals surface area contributed by atoms with Crippen molar-refractivity contribution in [2.45, 2.75) is 13.5 Å². The summed E-state index contributed by atoms with van der Waals surface area (Å²) in [5, 5.41) is 12.3. The minimum Gasteiger partial charge on any atom is -0.477 e. The molecule has 0 atom stereocenters. The Kier molecular flexibility index (Phi) is 4.65. The lowest BCUT2D eigenvalue weighted by Crippen LogP contribution is -2.44. The molecule has 2 amide bonds. The van der Waals surface area contributed by atoms with Crippen molar-refractivity contribution >= 4 is 35.1 Å². The van der Waals surface area contributed by atoms with Crippen LogP contribution in [0.25, 0.3) is 0 Å². The highest BCUT2D eigenvalue weighted by Gasteiger charge is 2.18. The van der Waals surface area contributed by atoms with Gasteiger partial charge in [-0.2, -0.15) is 11.8 Å². The molecule has 1 aliphatic heterocycles. The number of nitrogens with zero attached hydrogens (tertiary/aromatic N) is 2. The fraction of sp³-hybridized carbons (Fsp3) is 0.545. The standard InChI is InChI=1S/C11H15N3O3S2/c1-7-9(10(15)16)19-8(13-7)6-12-11(17)14-2-4-18-5-3-14/h2-6H2,1H3,(H,12,17)(H,15,16). The highest BCUT2D eigenvalue weighted by atomic mass is 32.2. The highest BCUT2D eigenvalue weighted by Crippen LogP contribution is 2.18. The monoisotopic (exact) mass is 301 g/mol. The number of carbonyl (C=O) groups is 2. The first-order chi connectivity index (χ1) is 9.08. The van der Waals surface area contributed by atoms with Crippen molar-refractivity contribution in [1.82, 2.24) is 15.2 Å². The molecular formula is C11H15N3O3S2. The summed E-state index contributed by atoms with van der Waals surface area (Å²) in [4.78, 5) is 28.9. The van der Waals surface area contributed by atoms with Gasteiger partial charge in [-0.05, 0) is 6.92 Å². The third-order valence-electron chi connectivity index (χ3n) is 2.72. The number of aromatic nitrogens is 1. The molecule has 2 N–H and O–H groups in total. The zero-order valence-electron chi connectivity index (χ0n) is 10.5. The number of carboxylic acid groups (broad SMARTS) is 1. The average Bonchev–Trinajstić information content (AvgIpc) is 2.78. The summed E-state index contributed by atoms with van der Waals surface area (Å²) in [5.74, 6) is 0.959. The van der Waals surface area contributed by atoms with Gasteiger partial charge in [-0.1, -0.05) is 0 Å². The number of carbonyl (C=O) groups excluding carboxylic acids is 1. The molecular weight excluding hydrogens is 286 g/mol. The number of thiazole rings is 1. The number of aromatic carboxylic acids is 1. The van der Waals surface area contributed by atoms with Crippen LogP contribution in [0, 0.1) is 6.92 Å². The van der Waals surface area contributed by atoms with Crippen molar-refractivity contribution in [3.63, 3.8) is 0 Å². The minimum absolute atomic E-state index is 0.106. The summed E-state index contributed by atoms with van der Waals surface area (Å²) in [5.41, 5.74) is 0.496.